The Morgan fingerprint density at radius 3 is 2.33 bits per heavy atom. The zero-order valence-electron chi connectivity index (χ0n) is 11.5. The number of ether oxygens (including phenoxy) is 1. The standard InChI is InChI=1S/C16H13Cl2NO2/c1-16(2)13-7-9(3-4-14(13)19-15(20)21-16)10-5-11(17)8-12(18)6-10/h3-8H,1-2H3,(H,19,20). The summed E-state index contributed by atoms with van der Waals surface area (Å²) in [6, 6.07) is 11.2. The summed E-state index contributed by atoms with van der Waals surface area (Å²) < 4.78 is 5.34. The number of carbonyl (C=O) groups excluding carboxylic acids is 1. The molecule has 2 aromatic carbocycles. The highest BCUT2D eigenvalue weighted by atomic mass is 35.5. The monoisotopic (exact) mass is 321 g/mol. The van der Waals surface area contributed by atoms with Crippen LogP contribution in [0.5, 0.6) is 0 Å². The Hall–Kier alpha value is -1.71. The van der Waals surface area contributed by atoms with Gasteiger partial charge in [0.2, 0.25) is 0 Å². The van der Waals surface area contributed by atoms with E-state index in [0.29, 0.717) is 10.0 Å². The van der Waals surface area contributed by atoms with Gasteiger partial charge in [-0.15, -0.1) is 0 Å². The molecule has 0 aliphatic carbocycles. The second-order valence-electron chi connectivity index (χ2n) is 5.44. The van der Waals surface area contributed by atoms with Crippen LogP contribution in [-0.4, -0.2) is 6.09 Å². The van der Waals surface area contributed by atoms with Gasteiger partial charge in [0.15, 0.2) is 0 Å². The van der Waals surface area contributed by atoms with E-state index in [-0.39, 0.29) is 0 Å². The van der Waals surface area contributed by atoms with Gasteiger partial charge in [-0.05, 0) is 55.3 Å². The van der Waals surface area contributed by atoms with Gasteiger partial charge in [0.1, 0.15) is 5.60 Å². The molecule has 1 N–H and O–H groups in total. The van der Waals surface area contributed by atoms with Gasteiger partial charge in [-0.2, -0.15) is 0 Å². The van der Waals surface area contributed by atoms with Gasteiger partial charge in [-0.25, -0.2) is 4.79 Å². The van der Waals surface area contributed by atoms with Crippen molar-refractivity contribution < 1.29 is 9.53 Å². The molecule has 21 heavy (non-hydrogen) atoms. The first kappa shape index (κ1) is 14.2. The Kier molecular flexibility index (Phi) is 3.34. The Morgan fingerprint density at radius 1 is 1.00 bits per heavy atom. The molecule has 0 aromatic heterocycles. The van der Waals surface area contributed by atoms with E-state index in [2.05, 4.69) is 5.32 Å². The van der Waals surface area contributed by atoms with Crippen LogP contribution >= 0.6 is 23.2 Å². The van der Waals surface area contributed by atoms with Crippen molar-refractivity contribution in [2.75, 3.05) is 5.32 Å². The number of hydrogen-bond donors (Lipinski definition) is 1. The summed E-state index contributed by atoms with van der Waals surface area (Å²) in [7, 11) is 0. The summed E-state index contributed by atoms with van der Waals surface area (Å²) in [4.78, 5) is 11.5. The average molecular weight is 322 g/mol. The first-order chi connectivity index (χ1) is 9.85. The Bertz CT molecular complexity index is 721. The number of cyclic esters (lactones) is 1. The molecule has 0 saturated carbocycles. The van der Waals surface area contributed by atoms with E-state index in [1.165, 1.54) is 0 Å². The molecule has 108 valence electrons. The van der Waals surface area contributed by atoms with Crippen LogP contribution in [0.2, 0.25) is 10.0 Å². The molecule has 0 unspecified atom stereocenters. The highest BCUT2D eigenvalue weighted by Crippen LogP contribution is 2.38. The zero-order chi connectivity index (χ0) is 15.2. The third-order valence-electron chi connectivity index (χ3n) is 3.45. The quantitative estimate of drug-likeness (QED) is 0.757. The van der Waals surface area contributed by atoms with E-state index in [1.807, 2.05) is 44.2 Å². The number of amides is 1. The number of benzene rings is 2. The highest BCUT2D eigenvalue weighted by Gasteiger charge is 2.33. The molecule has 1 heterocycles. The molecule has 5 heteroatoms. The van der Waals surface area contributed by atoms with Crippen LogP contribution in [0.1, 0.15) is 19.4 Å². The molecule has 0 atom stereocenters. The fourth-order valence-electron chi connectivity index (χ4n) is 2.47. The minimum absolute atomic E-state index is 0.439. The van der Waals surface area contributed by atoms with Crippen molar-refractivity contribution in [2.45, 2.75) is 19.4 Å². The van der Waals surface area contributed by atoms with Crippen LogP contribution in [-0.2, 0) is 10.3 Å². The third-order valence-corrected chi connectivity index (χ3v) is 3.89. The van der Waals surface area contributed by atoms with Crippen LogP contribution in [0.15, 0.2) is 36.4 Å². The third kappa shape index (κ3) is 2.71. The van der Waals surface area contributed by atoms with Gasteiger partial charge in [0.25, 0.3) is 0 Å². The minimum atomic E-state index is -0.684. The van der Waals surface area contributed by atoms with E-state index >= 15 is 0 Å². The number of carbonyl (C=O) groups is 1. The lowest BCUT2D eigenvalue weighted by atomic mass is 9.91. The summed E-state index contributed by atoms with van der Waals surface area (Å²) in [6.45, 7) is 3.72. The van der Waals surface area contributed by atoms with E-state index in [4.69, 9.17) is 27.9 Å². The molecular formula is C16H13Cl2NO2. The lowest BCUT2D eigenvalue weighted by Gasteiger charge is -2.32. The minimum Gasteiger partial charge on any atom is -0.438 e. The first-order valence-electron chi connectivity index (χ1n) is 6.46. The van der Waals surface area contributed by atoms with Crippen molar-refractivity contribution in [3.05, 3.63) is 52.0 Å². The summed E-state index contributed by atoms with van der Waals surface area (Å²) in [5, 5.41) is 3.87. The molecule has 1 aliphatic heterocycles. The summed E-state index contributed by atoms with van der Waals surface area (Å²) in [6.07, 6.45) is -0.439. The van der Waals surface area contributed by atoms with Crippen LogP contribution < -0.4 is 5.32 Å². The molecule has 0 bridgehead atoms. The maximum atomic E-state index is 11.5. The van der Waals surface area contributed by atoms with Gasteiger partial charge in [-0.1, -0.05) is 29.3 Å². The van der Waals surface area contributed by atoms with Crippen molar-refractivity contribution in [1.29, 1.82) is 0 Å². The Morgan fingerprint density at radius 2 is 1.67 bits per heavy atom. The van der Waals surface area contributed by atoms with Gasteiger partial charge in [0, 0.05) is 15.6 Å². The lowest BCUT2D eigenvalue weighted by molar-refractivity contribution is 0.0421. The average Bonchev–Trinajstić information content (AvgIpc) is 2.36. The highest BCUT2D eigenvalue weighted by molar-refractivity contribution is 6.35. The van der Waals surface area contributed by atoms with Crippen molar-refractivity contribution in [3.63, 3.8) is 0 Å². The summed E-state index contributed by atoms with van der Waals surface area (Å²) >= 11 is 12.1. The fourth-order valence-corrected chi connectivity index (χ4v) is 3.00. The molecular weight excluding hydrogens is 309 g/mol. The van der Waals surface area contributed by atoms with E-state index < -0.39 is 11.7 Å². The number of fused-ring (bicyclic) bond motifs is 1. The van der Waals surface area contributed by atoms with E-state index in [9.17, 15) is 4.79 Å². The number of hydrogen-bond acceptors (Lipinski definition) is 2. The molecule has 0 radical (unpaired) electrons. The van der Waals surface area contributed by atoms with Crippen molar-refractivity contribution >= 4 is 35.0 Å². The first-order valence-corrected chi connectivity index (χ1v) is 7.22. The maximum Gasteiger partial charge on any atom is 0.412 e. The number of halogens is 2. The molecule has 2 aromatic rings. The number of rotatable bonds is 1. The van der Waals surface area contributed by atoms with Crippen molar-refractivity contribution in [2.24, 2.45) is 0 Å². The molecule has 0 fully saturated rings. The van der Waals surface area contributed by atoms with Crippen LogP contribution in [0, 0.1) is 0 Å². The largest absolute Gasteiger partial charge is 0.438 e. The summed E-state index contributed by atoms with van der Waals surface area (Å²) in [5.41, 5.74) is 2.87. The Labute approximate surface area is 132 Å². The maximum absolute atomic E-state index is 11.5. The summed E-state index contributed by atoms with van der Waals surface area (Å²) in [5.74, 6) is 0. The smallest absolute Gasteiger partial charge is 0.412 e. The van der Waals surface area contributed by atoms with Gasteiger partial charge in [0.05, 0.1) is 5.69 Å². The molecule has 0 saturated heterocycles. The molecule has 0 spiro atoms. The number of nitrogens with one attached hydrogen (secondary N) is 1. The topological polar surface area (TPSA) is 38.3 Å². The number of anilines is 1. The van der Waals surface area contributed by atoms with Crippen molar-refractivity contribution in [1.82, 2.24) is 0 Å². The van der Waals surface area contributed by atoms with Crippen LogP contribution in [0.3, 0.4) is 0 Å². The van der Waals surface area contributed by atoms with Crippen molar-refractivity contribution in [3.8, 4) is 11.1 Å². The molecule has 3 nitrogen and oxygen atoms in total. The normalized spacial score (nSPS) is 15.9. The Balaban J connectivity index is 2.13. The SMILES string of the molecule is CC1(C)OC(=O)Nc2ccc(-c3cc(Cl)cc(Cl)c3)cc21. The van der Waals surface area contributed by atoms with Gasteiger partial charge >= 0.3 is 6.09 Å². The van der Waals surface area contributed by atoms with Crippen LogP contribution in [0.25, 0.3) is 11.1 Å². The predicted molar refractivity (Wildman–Crippen MR) is 85.0 cm³/mol. The zero-order valence-corrected chi connectivity index (χ0v) is 13.0. The van der Waals surface area contributed by atoms with E-state index in [0.717, 1.165) is 22.4 Å². The molecule has 1 aliphatic rings. The van der Waals surface area contributed by atoms with Gasteiger partial charge < -0.3 is 4.74 Å². The molecule has 1 amide bonds. The van der Waals surface area contributed by atoms with Crippen LogP contribution in [0.4, 0.5) is 10.5 Å². The molecule has 3 rings (SSSR count). The lowest BCUT2D eigenvalue weighted by Crippen LogP contribution is -2.34. The second kappa shape index (κ2) is 4.93. The van der Waals surface area contributed by atoms with E-state index in [1.54, 1.807) is 6.07 Å². The predicted octanol–water partition coefficient (Wildman–Crippen LogP) is 5.46. The van der Waals surface area contributed by atoms with Gasteiger partial charge in [-0.3, -0.25) is 5.32 Å². The second-order valence-corrected chi connectivity index (χ2v) is 6.32. The fraction of sp³-hybridized carbons (Fsp3) is 0.188.